The first-order valence-corrected chi connectivity index (χ1v) is 5.83. The van der Waals surface area contributed by atoms with Crippen LogP contribution in [0.5, 0.6) is 0 Å². The van der Waals surface area contributed by atoms with Crippen molar-refractivity contribution in [2.24, 2.45) is 5.92 Å². The maximum Gasteiger partial charge on any atom is 0.144 e. The van der Waals surface area contributed by atoms with Gasteiger partial charge in [-0.15, -0.1) is 0 Å². The summed E-state index contributed by atoms with van der Waals surface area (Å²) in [6.45, 7) is 4.87. The van der Waals surface area contributed by atoms with Gasteiger partial charge in [0.05, 0.1) is 5.56 Å². The molecular weight excluding hydrogens is 198 g/mol. The van der Waals surface area contributed by atoms with Crippen molar-refractivity contribution >= 4 is 5.82 Å². The molecule has 3 nitrogen and oxygen atoms in total. The zero-order chi connectivity index (χ0) is 11.5. The number of rotatable bonds is 3. The molecule has 16 heavy (non-hydrogen) atoms. The normalized spacial score (nSPS) is 15.3. The maximum atomic E-state index is 9.10. The van der Waals surface area contributed by atoms with Crippen molar-refractivity contribution in [3.05, 3.63) is 22.9 Å². The van der Waals surface area contributed by atoms with E-state index in [0.717, 1.165) is 29.5 Å². The van der Waals surface area contributed by atoms with Gasteiger partial charge in [-0.1, -0.05) is 6.42 Å². The van der Waals surface area contributed by atoms with Gasteiger partial charge in [0, 0.05) is 12.2 Å². The summed E-state index contributed by atoms with van der Waals surface area (Å²) < 4.78 is 0. The molecule has 3 heteroatoms. The fraction of sp³-hybridized carbons (Fsp3) is 0.538. The molecule has 0 radical (unpaired) electrons. The van der Waals surface area contributed by atoms with Gasteiger partial charge in [0.15, 0.2) is 0 Å². The summed E-state index contributed by atoms with van der Waals surface area (Å²) in [7, 11) is 0. The molecule has 2 rings (SSSR count). The van der Waals surface area contributed by atoms with Crippen LogP contribution in [0, 0.1) is 31.1 Å². The number of nitrogens with one attached hydrogen (secondary N) is 1. The molecule has 0 amide bonds. The molecule has 0 bridgehead atoms. The van der Waals surface area contributed by atoms with Crippen molar-refractivity contribution in [1.29, 1.82) is 5.26 Å². The van der Waals surface area contributed by atoms with Crippen LogP contribution in [0.25, 0.3) is 0 Å². The van der Waals surface area contributed by atoms with Crippen LogP contribution in [0.3, 0.4) is 0 Å². The number of aryl methyl sites for hydroxylation is 2. The Labute approximate surface area is 96.5 Å². The molecular formula is C13H17N3. The van der Waals surface area contributed by atoms with Gasteiger partial charge in [-0.05, 0) is 44.2 Å². The van der Waals surface area contributed by atoms with Crippen molar-refractivity contribution in [2.75, 3.05) is 11.9 Å². The van der Waals surface area contributed by atoms with Gasteiger partial charge in [0.2, 0.25) is 0 Å². The fourth-order valence-corrected chi connectivity index (χ4v) is 2.04. The highest BCUT2D eigenvalue weighted by atomic mass is 15.0. The minimum absolute atomic E-state index is 0.685. The number of nitrogens with zero attached hydrogens (tertiary/aromatic N) is 2. The van der Waals surface area contributed by atoms with Crippen LogP contribution in [0.1, 0.15) is 36.1 Å². The fourth-order valence-electron chi connectivity index (χ4n) is 2.04. The second kappa shape index (κ2) is 4.52. The van der Waals surface area contributed by atoms with Gasteiger partial charge in [-0.2, -0.15) is 5.26 Å². The number of nitriles is 1. The third-order valence-electron chi connectivity index (χ3n) is 3.24. The molecule has 1 aromatic heterocycles. The lowest BCUT2D eigenvalue weighted by Crippen LogP contribution is -2.22. The van der Waals surface area contributed by atoms with E-state index in [1.165, 1.54) is 19.3 Å². The first-order chi connectivity index (χ1) is 7.70. The van der Waals surface area contributed by atoms with E-state index in [1.807, 2.05) is 19.9 Å². The largest absolute Gasteiger partial charge is 0.369 e. The van der Waals surface area contributed by atoms with E-state index in [9.17, 15) is 0 Å². The lowest BCUT2D eigenvalue weighted by atomic mass is 9.85. The molecule has 1 heterocycles. The van der Waals surface area contributed by atoms with Gasteiger partial charge in [-0.25, -0.2) is 4.98 Å². The Hall–Kier alpha value is -1.56. The highest BCUT2D eigenvalue weighted by molar-refractivity contribution is 5.56. The van der Waals surface area contributed by atoms with Crippen LogP contribution < -0.4 is 5.32 Å². The van der Waals surface area contributed by atoms with Crippen molar-refractivity contribution in [1.82, 2.24) is 4.98 Å². The Kier molecular flexibility index (Phi) is 3.09. The average molecular weight is 215 g/mol. The van der Waals surface area contributed by atoms with Crippen molar-refractivity contribution in [3.8, 4) is 6.07 Å². The molecule has 0 saturated heterocycles. The van der Waals surface area contributed by atoms with Gasteiger partial charge in [0.25, 0.3) is 0 Å². The van der Waals surface area contributed by atoms with E-state index in [-0.39, 0.29) is 0 Å². The first-order valence-electron chi connectivity index (χ1n) is 5.83. The second-order valence-corrected chi connectivity index (χ2v) is 4.59. The molecule has 1 N–H and O–H groups in total. The average Bonchev–Trinajstić information content (AvgIpc) is 2.14. The molecule has 0 unspecified atom stereocenters. The monoisotopic (exact) mass is 215 g/mol. The second-order valence-electron chi connectivity index (χ2n) is 4.59. The minimum atomic E-state index is 0.685. The zero-order valence-corrected chi connectivity index (χ0v) is 9.88. The molecule has 1 aromatic rings. The number of hydrogen-bond acceptors (Lipinski definition) is 3. The summed E-state index contributed by atoms with van der Waals surface area (Å²) in [6, 6.07) is 4.18. The summed E-state index contributed by atoms with van der Waals surface area (Å²) in [6.07, 6.45) is 3.96. The SMILES string of the molecule is Cc1cc(C)c(C#N)c(NCC2CCC2)n1. The summed E-state index contributed by atoms with van der Waals surface area (Å²) in [5, 5.41) is 12.4. The summed E-state index contributed by atoms with van der Waals surface area (Å²) in [5.74, 6) is 1.53. The Balaban J connectivity index is 2.14. The van der Waals surface area contributed by atoms with Crippen LogP contribution in [0.15, 0.2) is 6.07 Å². The van der Waals surface area contributed by atoms with Gasteiger partial charge in [-0.3, -0.25) is 0 Å². The first kappa shape index (κ1) is 10.9. The van der Waals surface area contributed by atoms with E-state index >= 15 is 0 Å². The number of hydrogen-bond donors (Lipinski definition) is 1. The maximum absolute atomic E-state index is 9.10. The van der Waals surface area contributed by atoms with Crippen LogP contribution in [-0.2, 0) is 0 Å². The molecule has 0 aliphatic heterocycles. The Morgan fingerprint density at radius 1 is 1.50 bits per heavy atom. The molecule has 0 spiro atoms. The van der Waals surface area contributed by atoms with Crippen molar-refractivity contribution in [2.45, 2.75) is 33.1 Å². The lowest BCUT2D eigenvalue weighted by Gasteiger charge is -2.26. The van der Waals surface area contributed by atoms with E-state index in [2.05, 4.69) is 16.4 Å². The van der Waals surface area contributed by atoms with Crippen LogP contribution in [0.4, 0.5) is 5.82 Å². The van der Waals surface area contributed by atoms with E-state index in [0.29, 0.717) is 5.56 Å². The highest BCUT2D eigenvalue weighted by Gasteiger charge is 2.18. The van der Waals surface area contributed by atoms with Crippen molar-refractivity contribution < 1.29 is 0 Å². The summed E-state index contributed by atoms with van der Waals surface area (Å²) in [5.41, 5.74) is 2.66. The molecule has 84 valence electrons. The Bertz CT molecular complexity index is 428. The highest BCUT2D eigenvalue weighted by Crippen LogP contribution is 2.27. The summed E-state index contributed by atoms with van der Waals surface area (Å²) in [4.78, 5) is 4.40. The number of anilines is 1. The van der Waals surface area contributed by atoms with E-state index in [1.54, 1.807) is 0 Å². The number of pyridine rings is 1. The topological polar surface area (TPSA) is 48.7 Å². The Morgan fingerprint density at radius 3 is 2.81 bits per heavy atom. The van der Waals surface area contributed by atoms with E-state index < -0.39 is 0 Å². The standard InChI is InChI=1S/C13H17N3/c1-9-6-10(2)16-13(12(9)7-14)15-8-11-4-3-5-11/h6,11H,3-5,8H2,1-2H3,(H,15,16). The predicted octanol–water partition coefficient (Wildman–Crippen LogP) is 2.78. The lowest BCUT2D eigenvalue weighted by molar-refractivity contribution is 0.333. The van der Waals surface area contributed by atoms with Crippen LogP contribution in [-0.4, -0.2) is 11.5 Å². The van der Waals surface area contributed by atoms with Gasteiger partial charge < -0.3 is 5.32 Å². The Morgan fingerprint density at radius 2 is 2.25 bits per heavy atom. The zero-order valence-electron chi connectivity index (χ0n) is 9.88. The molecule has 1 aliphatic carbocycles. The molecule has 0 aromatic carbocycles. The minimum Gasteiger partial charge on any atom is -0.369 e. The summed E-state index contributed by atoms with van der Waals surface area (Å²) >= 11 is 0. The third-order valence-corrected chi connectivity index (χ3v) is 3.24. The van der Waals surface area contributed by atoms with Gasteiger partial charge in [0.1, 0.15) is 11.9 Å². The molecule has 1 aliphatic rings. The van der Waals surface area contributed by atoms with Crippen LogP contribution >= 0.6 is 0 Å². The van der Waals surface area contributed by atoms with E-state index in [4.69, 9.17) is 5.26 Å². The van der Waals surface area contributed by atoms with Crippen molar-refractivity contribution in [3.63, 3.8) is 0 Å². The molecule has 0 atom stereocenters. The predicted molar refractivity (Wildman–Crippen MR) is 64.3 cm³/mol. The molecule has 1 saturated carbocycles. The molecule has 1 fully saturated rings. The smallest absolute Gasteiger partial charge is 0.144 e. The third kappa shape index (κ3) is 2.16. The van der Waals surface area contributed by atoms with Gasteiger partial charge >= 0.3 is 0 Å². The quantitative estimate of drug-likeness (QED) is 0.843. The van der Waals surface area contributed by atoms with Crippen LogP contribution in [0.2, 0.25) is 0 Å². The number of aromatic nitrogens is 1.